The third-order valence-electron chi connectivity index (χ3n) is 9.61. The van der Waals surface area contributed by atoms with Crippen LogP contribution in [0.2, 0.25) is 5.02 Å². The third-order valence-corrected chi connectivity index (χ3v) is 9.86. The molecule has 0 amide bonds. The molecule has 44 heavy (non-hydrogen) atoms. The van der Waals surface area contributed by atoms with Gasteiger partial charge in [-0.2, -0.15) is 0 Å². The molecule has 0 unspecified atom stereocenters. The molecule has 7 aromatic rings. The number of benzene rings is 7. The van der Waals surface area contributed by atoms with Crippen molar-refractivity contribution >= 4 is 11.6 Å². The van der Waals surface area contributed by atoms with E-state index in [2.05, 4.69) is 152 Å². The summed E-state index contributed by atoms with van der Waals surface area (Å²) in [6, 6.07) is 59.7. The van der Waals surface area contributed by atoms with Gasteiger partial charge in [-0.15, -0.1) is 0 Å². The molecule has 0 aliphatic heterocycles. The van der Waals surface area contributed by atoms with Crippen LogP contribution in [0.5, 0.6) is 0 Å². The lowest BCUT2D eigenvalue weighted by atomic mass is 9.70. The van der Waals surface area contributed by atoms with E-state index in [0.29, 0.717) is 0 Å². The SMILES string of the molecule is Clc1ccc(-c2ccc(-c3ccccc3-c3cccc4c3-c3ccccc3C43c4ccccc4-c4ccccc43)cc2)cc1. The molecule has 0 aromatic heterocycles. The first kappa shape index (κ1) is 25.3. The Kier molecular flexibility index (Phi) is 5.57. The van der Waals surface area contributed by atoms with Gasteiger partial charge >= 0.3 is 0 Å². The lowest BCUT2D eigenvalue weighted by Gasteiger charge is -2.30. The molecule has 206 valence electrons. The summed E-state index contributed by atoms with van der Waals surface area (Å²) >= 11 is 6.14. The van der Waals surface area contributed by atoms with E-state index in [0.717, 1.165) is 10.6 Å². The van der Waals surface area contributed by atoms with Crippen molar-refractivity contribution in [3.05, 3.63) is 191 Å². The Bertz CT molecular complexity index is 2180. The van der Waals surface area contributed by atoms with Gasteiger partial charge in [0.25, 0.3) is 0 Å². The molecule has 0 N–H and O–H groups in total. The number of halogens is 1. The van der Waals surface area contributed by atoms with Crippen molar-refractivity contribution in [1.29, 1.82) is 0 Å². The minimum atomic E-state index is -0.343. The van der Waals surface area contributed by atoms with Gasteiger partial charge in [0.05, 0.1) is 5.41 Å². The smallest absolute Gasteiger partial charge is 0.0725 e. The first-order valence-corrected chi connectivity index (χ1v) is 15.5. The van der Waals surface area contributed by atoms with Gasteiger partial charge in [-0.3, -0.25) is 0 Å². The van der Waals surface area contributed by atoms with Crippen LogP contribution in [0.4, 0.5) is 0 Å². The Balaban J connectivity index is 1.27. The van der Waals surface area contributed by atoms with E-state index >= 15 is 0 Å². The molecule has 7 aromatic carbocycles. The highest BCUT2D eigenvalue weighted by Gasteiger charge is 2.51. The van der Waals surface area contributed by atoms with Crippen LogP contribution in [-0.4, -0.2) is 0 Å². The van der Waals surface area contributed by atoms with Gasteiger partial charge in [-0.05, 0) is 90.0 Å². The second-order valence-corrected chi connectivity index (χ2v) is 12.2. The van der Waals surface area contributed by atoms with E-state index in [9.17, 15) is 0 Å². The van der Waals surface area contributed by atoms with E-state index in [1.165, 1.54) is 72.3 Å². The van der Waals surface area contributed by atoms with Gasteiger partial charge in [0.1, 0.15) is 0 Å². The van der Waals surface area contributed by atoms with Gasteiger partial charge in [0, 0.05) is 5.02 Å². The molecule has 0 fully saturated rings. The van der Waals surface area contributed by atoms with Crippen molar-refractivity contribution in [2.75, 3.05) is 0 Å². The summed E-state index contributed by atoms with van der Waals surface area (Å²) in [7, 11) is 0. The quantitative estimate of drug-likeness (QED) is 0.195. The molecule has 1 spiro atoms. The summed E-state index contributed by atoms with van der Waals surface area (Å²) in [5.74, 6) is 0. The number of rotatable bonds is 3. The molecule has 0 nitrogen and oxygen atoms in total. The van der Waals surface area contributed by atoms with Crippen LogP contribution in [0, 0.1) is 0 Å². The highest BCUT2D eigenvalue weighted by molar-refractivity contribution is 6.30. The van der Waals surface area contributed by atoms with Crippen LogP contribution < -0.4 is 0 Å². The van der Waals surface area contributed by atoms with Gasteiger partial charge in [0.15, 0.2) is 0 Å². The molecular weight excluding hydrogens is 552 g/mol. The second-order valence-electron chi connectivity index (χ2n) is 11.7. The lowest BCUT2D eigenvalue weighted by Crippen LogP contribution is -2.25. The average molecular weight is 579 g/mol. The maximum Gasteiger partial charge on any atom is 0.0725 e. The normalized spacial score (nSPS) is 13.3. The molecule has 0 radical (unpaired) electrons. The van der Waals surface area contributed by atoms with Crippen LogP contribution in [0.25, 0.3) is 55.6 Å². The van der Waals surface area contributed by atoms with E-state index in [1.807, 2.05) is 12.1 Å². The van der Waals surface area contributed by atoms with Crippen LogP contribution in [0.15, 0.2) is 164 Å². The molecule has 0 atom stereocenters. The molecule has 0 heterocycles. The summed E-state index contributed by atoms with van der Waals surface area (Å²) in [4.78, 5) is 0. The lowest BCUT2D eigenvalue weighted by molar-refractivity contribution is 0.794. The van der Waals surface area contributed by atoms with Crippen LogP contribution in [-0.2, 0) is 5.41 Å². The van der Waals surface area contributed by atoms with Crippen molar-refractivity contribution in [2.45, 2.75) is 5.41 Å². The maximum absolute atomic E-state index is 6.14. The van der Waals surface area contributed by atoms with Gasteiger partial charge in [-0.25, -0.2) is 0 Å². The monoisotopic (exact) mass is 578 g/mol. The van der Waals surface area contributed by atoms with E-state index < -0.39 is 0 Å². The van der Waals surface area contributed by atoms with Crippen LogP contribution in [0.3, 0.4) is 0 Å². The standard InChI is InChI=1S/C43H27Cl/c44-31-26-24-29(25-27-31)28-20-22-30(23-21-28)32-10-1-2-11-33(32)36-15-9-19-41-42(36)37-14-5-8-18-40(37)43(41)38-16-6-3-12-34(38)35-13-4-7-17-39(35)43/h1-27H. The van der Waals surface area contributed by atoms with Crippen molar-refractivity contribution in [1.82, 2.24) is 0 Å². The fourth-order valence-corrected chi connectivity index (χ4v) is 7.95. The molecule has 2 aliphatic rings. The average Bonchev–Trinajstić information content (AvgIpc) is 3.56. The number of fused-ring (bicyclic) bond motifs is 10. The van der Waals surface area contributed by atoms with Gasteiger partial charge in [0.2, 0.25) is 0 Å². The van der Waals surface area contributed by atoms with Crippen molar-refractivity contribution in [3.8, 4) is 55.6 Å². The highest BCUT2D eigenvalue weighted by atomic mass is 35.5. The van der Waals surface area contributed by atoms with E-state index in [4.69, 9.17) is 11.6 Å². The topological polar surface area (TPSA) is 0 Å². The minimum absolute atomic E-state index is 0.343. The Morgan fingerprint density at radius 3 is 1.32 bits per heavy atom. The van der Waals surface area contributed by atoms with Crippen LogP contribution in [0.1, 0.15) is 22.3 Å². The zero-order valence-corrected chi connectivity index (χ0v) is 24.7. The first-order valence-electron chi connectivity index (χ1n) is 15.1. The predicted molar refractivity (Wildman–Crippen MR) is 184 cm³/mol. The molecule has 2 aliphatic carbocycles. The molecule has 0 bridgehead atoms. The highest BCUT2D eigenvalue weighted by Crippen LogP contribution is 2.64. The maximum atomic E-state index is 6.14. The van der Waals surface area contributed by atoms with E-state index in [1.54, 1.807) is 0 Å². The van der Waals surface area contributed by atoms with Crippen molar-refractivity contribution in [2.24, 2.45) is 0 Å². The Hall–Kier alpha value is -5.17. The van der Waals surface area contributed by atoms with Gasteiger partial charge in [-0.1, -0.05) is 163 Å². The summed E-state index contributed by atoms with van der Waals surface area (Å²) in [5.41, 5.74) is 17.7. The molecular formula is C43H27Cl. The van der Waals surface area contributed by atoms with E-state index in [-0.39, 0.29) is 5.41 Å². The van der Waals surface area contributed by atoms with Crippen LogP contribution >= 0.6 is 11.6 Å². The Morgan fingerprint density at radius 2 is 0.705 bits per heavy atom. The fourth-order valence-electron chi connectivity index (χ4n) is 7.82. The molecule has 0 saturated carbocycles. The zero-order chi connectivity index (χ0) is 29.3. The first-order chi connectivity index (χ1) is 21.7. The fraction of sp³-hybridized carbons (Fsp3) is 0.0233. The summed E-state index contributed by atoms with van der Waals surface area (Å²) in [5, 5.41) is 0.752. The summed E-state index contributed by atoms with van der Waals surface area (Å²) < 4.78 is 0. The largest absolute Gasteiger partial charge is 0.0843 e. The van der Waals surface area contributed by atoms with Crippen molar-refractivity contribution < 1.29 is 0 Å². The Morgan fingerprint density at radius 1 is 0.295 bits per heavy atom. The third kappa shape index (κ3) is 3.46. The zero-order valence-electron chi connectivity index (χ0n) is 24.0. The second kappa shape index (κ2) is 9.67. The molecule has 1 heteroatoms. The van der Waals surface area contributed by atoms with Crippen molar-refractivity contribution in [3.63, 3.8) is 0 Å². The summed E-state index contributed by atoms with van der Waals surface area (Å²) in [6.07, 6.45) is 0. The summed E-state index contributed by atoms with van der Waals surface area (Å²) in [6.45, 7) is 0. The predicted octanol–water partition coefficient (Wildman–Crippen LogP) is 11.7. The number of hydrogen-bond acceptors (Lipinski definition) is 0. The minimum Gasteiger partial charge on any atom is -0.0843 e. The molecule has 0 saturated heterocycles. The number of hydrogen-bond donors (Lipinski definition) is 0. The van der Waals surface area contributed by atoms with Gasteiger partial charge < -0.3 is 0 Å². The Labute approximate surface area is 262 Å². The molecule has 9 rings (SSSR count).